The van der Waals surface area contributed by atoms with Crippen LogP contribution in [-0.4, -0.2) is 22.8 Å². The van der Waals surface area contributed by atoms with Crippen molar-refractivity contribution in [2.75, 3.05) is 0 Å². The average molecular weight is 236 g/mol. The Kier molecular flexibility index (Phi) is 3.19. The molecule has 1 aromatic carbocycles. The van der Waals surface area contributed by atoms with E-state index in [0.717, 1.165) is 4.90 Å². The van der Waals surface area contributed by atoms with Gasteiger partial charge < -0.3 is 5.73 Å². The highest BCUT2D eigenvalue weighted by Gasteiger charge is 2.32. The molecule has 90 valence electrons. The van der Waals surface area contributed by atoms with Crippen molar-refractivity contribution in [1.29, 1.82) is 0 Å². The first-order valence-corrected chi connectivity index (χ1v) is 5.43. The lowest BCUT2D eigenvalue weighted by atomic mass is 10.0. The molecule has 2 rings (SSSR count). The fourth-order valence-electron chi connectivity index (χ4n) is 1.82. The molecule has 1 aliphatic rings. The lowest BCUT2D eigenvalue weighted by Crippen LogP contribution is -2.50. The van der Waals surface area contributed by atoms with Gasteiger partial charge in [0.15, 0.2) is 0 Å². The van der Waals surface area contributed by atoms with Crippen molar-refractivity contribution in [1.82, 2.24) is 4.90 Å². The molecule has 2 N–H and O–H groups in total. The third-order valence-corrected chi connectivity index (χ3v) is 2.84. The van der Waals surface area contributed by atoms with E-state index in [9.17, 15) is 14.0 Å². The molecule has 0 saturated carbocycles. The van der Waals surface area contributed by atoms with E-state index in [2.05, 4.69) is 0 Å². The lowest BCUT2D eigenvalue weighted by molar-refractivity contribution is -0.149. The van der Waals surface area contributed by atoms with E-state index in [0.29, 0.717) is 12.0 Å². The zero-order chi connectivity index (χ0) is 12.4. The van der Waals surface area contributed by atoms with Crippen LogP contribution in [0.3, 0.4) is 0 Å². The van der Waals surface area contributed by atoms with Gasteiger partial charge in [0.05, 0.1) is 12.6 Å². The van der Waals surface area contributed by atoms with E-state index in [-0.39, 0.29) is 18.9 Å². The van der Waals surface area contributed by atoms with Crippen molar-refractivity contribution < 1.29 is 14.0 Å². The van der Waals surface area contributed by atoms with E-state index < -0.39 is 17.8 Å². The van der Waals surface area contributed by atoms with Crippen LogP contribution in [0.1, 0.15) is 18.4 Å². The second kappa shape index (κ2) is 4.63. The Morgan fingerprint density at radius 1 is 1.35 bits per heavy atom. The SMILES string of the molecule is N[C@H]1CCC(=O)N(Cc2ccccc2F)C1=O. The Morgan fingerprint density at radius 3 is 2.76 bits per heavy atom. The Balaban J connectivity index is 2.20. The van der Waals surface area contributed by atoms with Crippen LogP contribution >= 0.6 is 0 Å². The molecule has 1 heterocycles. The number of nitrogens with two attached hydrogens (primary N) is 1. The second-order valence-corrected chi connectivity index (χ2v) is 4.05. The number of amides is 2. The number of rotatable bonds is 2. The Morgan fingerprint density at radius 2 is 2.06 bits per heavy atom. The summed E-state index contributed by atoms with van der Waals surface area (Å²) in [6.45, 7) is -0.0436. The van der Waals surface area contributed by atoms with Gasteiger partial charge in [-0.1, -0.05) is 18.2 Å². The number of carbonyl (C=O) groups is 2. The molecule has 2 amide bonds. The third kappa shape index (κ3) is 2.34. The summed E-state index contributed by atoms with van der Waals surface area (Å²) >= 11 is 0. The van der Waals surface area contributed by atoms with E-state index in [1.807, 2.05) is 0 Å². The Hall–Kier alpha value is -1.75. The minimum absolute atomic E-state index is 0.0436. The van der Waals surface area contributed by atoms with Crippen molar-refractivity contribution in [2.24, 2.45) is 5.73 Å². The van der Waals surface area contributed by atoms with Gasteiger partial charge >= 0.3 is 0 Å². The molecule has 0 aliphatic carbocycles. The fraction of sp³-hybridized carbons (Fsp3) is 0.333. The first-order chi connectivity index (χ1) is 8.09. The van der Waals surface area contributed by atoms with Gasteiger partial charge in [-0.05, 0) is 12.5 Å². The summed E-state index contributed by atoms with van der Waals surface area (Å²) in [6, 6.07) is 5.42. The number of nitrogens with zero attached hydrogens (tertiary/aromatic N) is 1. The van der Waals surface area contributed by atoms with Gasteiger partial charge in [0.1, 0.15) is 5.82 Å². The lowest BCUT2D eigenvalue weighted by Gasteiger charge is -2.28. The number of carbonyl (C=O) groups excluding carboxylic acids is 2. The fourth-order valence-corrected chi connectivity index (χ4v) is 1.82. The highest BCUT2D eigenvalue weighted by Crippen LogP contribution is 2.16. The molecular weight excluding hydrogens is 223 g/mol. The number of benzene rings is 1. The molecule has 17 heavy (non-hydrogen) atoms. The van der Waals surface area contributed by atoms with Gasteiger partial charge in [0.2, 0.25) is 11.8 Å². The Bertz CT molecular complexity index is 462. The number of hydrogen-bond donors (Lipinski definition) is 1. The molecule has 0 radical (unpaired) electrons. The molecule has 1 saturated heterocycles. The summed E-state index contributed by atoms with van der Waals surface area (Å²) in [4.78, 5) is 24.3. The maximum atomic E-state index is 13.4. The second-order valence-electron chi connectivity index (χ2n) is 4.05. The van der Waals surface area contributed by atoms with Crippen LogP contribution < -0.4 is 5.73 Å². The smallest absolute Gasteiger partial charge is 0.246 e. The predicted octanol–water partition coefficient (Wildman–Crippen LogP) is 0.802. The van der Waals surface area contributed by atoms with Gasteiger partial charge in [-0.25, -0.2) is 4.39 Å². The molecule has 0 bridgehead atoms. The zero-order valence-electron chi connectivity index (χ0n) is 9.23. The summed E-state index contributed by atoms with van der Waals surface area (Å²) < 4.78 is 13.4. The van der Waals surface area contributed by atoms with E-state index in [1.165, 1.54) is 6.07 Å². The van der Waals surface area contributed by atoms with Crippen LogP contribution in [0.2, 0.25) is 0 Å². The molecule has 1 aliphatic heterocycles. The Labute approximate surface area is 98.2 Å². The summed E-state index contributed by atoms with van der Waals surface area (Å²) in [5.41, 5.74) is 5.91. The molecule has 1 fully saturated rings. The number of piperidine rings is 1. The summed E-state index contributed by atoms with van der Waals surface area (Å²) in [7, 11) is 0. The monoisotopic (exact) mass is 236 g/mol. The van der Waals surface area contributed by atoms with Gasteiger partial charge in [-0.2, -0.15) is 0 Å². The quantitative estimate of drug-likeness (QED) is 0.772. The molecule has 0 unspecified atom stereocenters. The topological polar surface area (TPSA) is 63.4 Å². The molecule has 1 atom stereocenters. The van der Waals surface area contributed by atoms with E-state index in [1.54, 1.807) is 18.2 Å². The highest BCUT2D eigenvalue weighted by atomic mass is 19.1. The molecule has 0 aromatic heterocycles. The van der Waals surface area contributed by atoms with Gasteiger partial charge in [0, 0.05) is 12.0 Å². The minimum atomic E-state index is -0.653. The van der Waals surface area contributed by atoms with Gasteiger partial charge in [0.25, 0.3) is 0 Å². The molecule has 5 heteroatoms. The van der Waals surface area contributed by atoms with Crippen LogP contribution in [0, 0.1) is 5.82 Å². The van der Waals surface area contributed by atoms with Crippen LogP contribution in [-0.2, 0) is 16.1 Å². The standard InChI is InChI=1S/C12H13FN2O2/c13-9-4-2-1-3-8(9)7-15-11(16)6-5-10(14)12(15)17/h1-4,10H,5-7,14H2/t10-/m0/s1. The van der Waals surface area contributed by atoms with Crippen LogP contribution in [0.15, 0.2) is 24.3 Å². The van der Waals surface area contributed by atoms with Crippen LogP contribution in [0.5, 0.6) is 0 Å². The molecule has 1 aromatic rings. The zero-order valence-corrected chi connectivity index (χ0v) is 9.23. The average Bonchev–Trinajstić information content (AvgIpc) is 2.32. The molecule has 4 nitrogen and oxygen atoms in total. The molecular formula is C12H13FN2O2. The van der Waals surface area contributed by atoms with E-state index >= 15 is 0 Å². The van der Waals surface area contributed by atoms with Crippen molar-refractivity contribution >= 4 is 11.8 Å². The van der Waals surface area contributed by atoms with Crippen molar-refractivity contribution in [3.8, 4) is 0 Å². The van der Waals surface area contributed by atoms with Gasteiger partial charge in [-0.15, -0.1) is 0 Å². The van der Waals surface area contributed by atoms with Crippen molar-refractivity contribution in [2.45, 2.75) is 25.4 Å². The summed E-state index contributed by atoms with van der Waals surface area (Å²) in [6.07, 6.45) is 0.604. The highest BCUT2D eigenvalue weighted by molar-refractivity contribution is 6.00. The van der Waals surface area contributed by atoms with Gasteiger partial charge in [-0.3, -0.25) is 14.5 Å². The number of hydrogen-bond acceptors (Lipinski definition) is 3. The number of halogens is 1. The maximum absolute atomic E-state index is 13.4. The van der Waals surface area contributed by atoms with E-state index in [4.69, 9.17) is 5.73 Å². The molecule has 0 spiro atoms. The van der Waals surface area contributed by atoms with Crippen LogP contribution in [0.4, 0.5) is 4.39 Å². The normalized spacial score (nSPS) is 20.8. The van der Waals surface area contributed by atoms with Crippen molar-refractivity contribution in [3.63, 3.8) is 0 Å². The maximum Gasteiger partial charge on any atom is 0.246 e. The number of imide groups is 1. The largest absolute Gasteiger partial charge is 0.320 e. The van der Waals surface area contributed by atoms with Crippen molar-refractivity contribution in [3.05, 3.63) is 35.6 Å². The van der Waals surface area contributed by atoms with Crippen LogP contribution in [0.25, 0.3) is 0 Å². The first kappa shape index (κ1) is 11.7. The third-order valence-electron chi connectivity index (χ3n) is 2.84. The summed E-state index contributed by atoms with van der Waals surface area (Å²) in [5.74, 6) is -1.14. The first-order valence-electron chi connectivity index (χ1n) is 5.43. The summed E-state index contributed by atoms with van der Waals surface area (Å²) in [5, 5.41) is 0. The predicted molar refractivity (Wildman–Crippen MR) is 59.2 cm³/mol. The number of likely N-dealkylation sites (tertiary alicyclic amines) is 1. The minimum Gasteiger partial charge on any atom is -0.320 e.